The molecule has 0 radical (unpaired) electrons. The molecule has 8 heteroatoms. The molecule has 0 fully saturated rings. The maximum absolute atomic E-state index is 12.0. The lowest BCUT2D eigenvalue weighted by Crippen LogP contribution is -2.45. The van der Waals surface area contributed by atoms with Gasteiger partial charge in [-0.05, 0) is 26.7 Å². The van der Waals surface area contributed by atoms with Crippen LogP contribution in [0.2, 0.25) is 0 Å². The van der Waals surface area contributed by atoms with Crippen molar-refractivity contribution in [1.29, 1.82) is 0 Å². The fourth-order valence-corrected chi connectivity index (χ4v) is 2.02. The highest BCUT2D eigenvalue weighted by Gasteiger charge is 2.21. The van der Waals surface area contributed by atoms with E-state index in [4.69, 9.17) is 4.74 Å². The third-order valence-corrected chi connectivity index (χ3v) is 3.24. The van der Waals surface area contributed by atoms with Crippen LogP contribution in [0.15, 0.2) is 12.5 Å². The van der Waals surface area contributed by atoms with Crippen molar-refractivity contribution in [1.82, 2.24) is 25.5 Å². The van der Waals surface area contributed by atoms with Crippen LogP contribution in [0, 0.1) is 5.92 Å². The Balaban J connectivity index is 2.00. The summed E-state index contributed by atoms with van der Waals surface area (Å²) in [7, 11) is 0. The number of H-pyrrole nitrogens is 1. The van der Waals surface area contributed by atoms with Crippen molar-refractivity contribution in [3.8, 4) is 0 Å². The van der Waals surface area contributed by atoms with Crippen LogP contribution in [-0.4, -0.2) is 44.4 Å². The Morgan fingerprint density at radius 1 is 1.35 bits per heavy atom. The highest BCUT2D eigenvalue weighted by Crippen LogP contribution is 2.16. The molecule has 2 aromatic rings. The van der Waals surface area contributed by atoms with Gasteiger partial charge in [-0.3, -0.25) is 5.10 Å². The van der Waals surface area contributed by atoms with Crippen molar-refractivity contribution in [2.75, 3.05) is 11.9 Å². The molecule has 1 atom stereocenters. The Morgan fingerprint density at radius 2 is 2.09 bits per heavy atom. The van der Waals surface area contributed by atoms with Crippen molar-refractivity contribution in [3.05, 3.63) is 12.5 Å². The first-order chi connectivity index (χ1) is 10.8. The van der Waals surface area contributed by atoms with Gasteiger partial charge in [0.25, 0.3) is 0 Å². The predicted octanol–water partition coefficient (Wildman–Crippen LogP) is 2.31. The number of aromatic nitrogens is 4. The molecule has 3 N–H and O–H groups in total. The molecule has 0 aliphatic carbocycles. The van der Waals surface area contributed by atoms with Gasteiger partial charge >= 0.3 is 6.09 Å². The van der Waals surface area contributed by atoms with Crippen LogP contribution in [0.1, 0.15) is 34.6 Å². The average Bonchev–Trinajstić information content (AvgIpc) is 2.90. The smallest absolute Gasteiger partial charge is 0.407 e. The minimum absolute atomic E-state index is 0.0956. The van der Waals surface area contributed by atoms with E-state index in [0.717, 1.165) is 5.39 Å². The number of amides is 1. The maximum atomic E-state index is 12.0. The molecule has 8 nitrogen and oxygen atoms in total. The second-order valence-electron chi connectivity index (χ2n) is 6.73. The number of hydrogen-bond donors (Lipinski definition) is 3. The molecular formula is C15H24N6O2. The molecule has 0 saturated carbocycles. The number of fused-ring (bicyclic) bond motifs is 1. The third kappa shape index (κ3) is 4.80. The lowest BCUT2D eigenvalue weighted by atomic mass is 10.0. The highest BCUT2D eigenvalue weighted by molar-refractivity contribution is 5.85. The molecule has 23 heavy (non-hydrogen) atoms. The van der Waals surface area contributed by atoms with Gasteiger partial charge in [0.05, 0.1) is 17.6 Å². The van der Waals surface area contributed by atoms with Crippen LogP contribution < -0.4 is 10.6 Å². The second-order valence-corrected chi connectivity index (χ2v) is 6.73. The van der Waals surface area contributed by atoms with Crippen molar-refractivity contribution in [3.63, 3.8) is 0 Å². The SMILES string of the molecule is CC(C)C(CNc1ncnc2[nH]ncc12)NC(=O)OC(C)(C)C. The molecule has 0 aromatic carbocycles. The number of alkyl carbamates (subject to hydrolysis) is 1. The van der Waals surface area contributed by atoms with Gasteiger partial charge in [0.2, 0.25) is 0 Å². The zero-order valence-corrected chi connectivity index (χ0v) is 14.2. The van der Waals surface area contributed by atoms with Crippen molar-refractivity contribution in [2.24, 2.45) is 5.92 Å². The van der Waals surface area contributed by atoms with Gasteiger partial charge in [-0.25, -0.2) is 14.8 Å². The minimum atomic E-state index is -0.519. The summed E-state index contributed by atoms with van der Waals surface area (Å²) in [4.78, 5) is 20.3. The van der Waals surface area contributed by atoms with E-state index in [2.05, 4.69) is 30.8 Å². The number of carbonyl (C=O) groups is 1. The molecule has 0 aliphatic rings. The molecule has 1 unspecified atom stereocenters. The van der Waals surface area contributed by atoms with Gasteiger partial charge in [0, 0.05) is 6.54 Å². The Kier molecular flexibility index (Phi) is 5.02. The van der Waals surface area contributed by atoms with Crippen LogP contribution >= 0.6 is 0 Å². The number of rotatable bonds is 5. The van der Waals surface area contributed by atoms with E-state index in [1.165, 1.54) is 6.33 Å². The summed E-state index contributed by atoms with van der Waals surface area (Å²) in [5.74, 6) is 0.914. The van der Waals surface area contributed by atoms with Gasteiger partial charge in [0.15, 0.2) is 5.65 Å². The molecule has 126 valence electrons. The number of carbonyl (C=O) groups excluding carboxylic acids is 1. The normalized spacial score (nSPS) is 13.1. The van der Waals surface area contributed by atoms with E-state index < -0.39 is 11.7 Å². The standard InChI is InChI=1S/C15H24N6O2/c1-9(2)11(20-14(22)23-15(3,4)5)7-16-12-10-6-19-21-13(10)18-8-17-12/h6,8-9,11H,7H2,1-5H3,(H,20,22)(H2,16,17,18,19,21). The lowest BCUT2D eigenvalue weighted by Gasteiger charge is -2.26. The average molecular weight is 320 g/mol. The fraction of sp³-hybridized carbons (Fsp3) is 0.600. The van der Waals surface area contributed by atoms with E-state index in [0.29, 0.717) is 18.0 Å². The third-order valence-electron chi connectivity index (χ3n) is 3.24. The molecule has 2 heterocycles. The van der Waals surface area contributed by atoms with Crippen LogP contribution in [0.25, 0.3) is 11.0 Å². The lowest BCUT2D eigenvalue weighted by molar-refractivity contribution is 0.0494. The van der Waals surface area contributed by atoms with Crippen LogP contribution in [0.4, 0.5) is 10.6 Å². The van der Waals surface area contributed by atoms with Gasteiger partial charge in [-0.15, -0.1) is 0 Å². The van der Waals surface area contributed by atoms with E-state index in [1.54, 1.807) is 6.20 Å². The van der Waals surface area contributed by atoms with Gasteiger partial charge in [0.1, 0.15) is 17.7 Å². The molecule has 0 bridgehead atoms. The summed E-state index contributed by atoms with van der Waals surface area (Å²) >= 11 is 0. The van der Waals surface area contributed by atoms with Crippen LogP contribution in [0.5, 0.6) is 0 Å². The fourth-order valence-electron chi connectivity index (χ4n) is 2.02. The molecular weight excluding hydrogens is 296 g/mol. The van der Waals surface area contributed by atoms with Crippen LogP contribution in [-0.2, 0) is 4.74 Å². The Hall–Kier alpha value is -2.38. The summed E-state index contributed by atoms with van der Waals surface area (Å²) in [5.41, 5.74) is 0.151. The first-order valence-corrected chi connectivity index (χ1v) is 7.63. The highest BCUT2D eigenvalue weighted by atomic mass is 16.6. The first-order valence-electron chi connectivity index (χ1n) is 7.63. The number of nitrogens with zero attached hydrogens (tertiary/aromatic N) is 3. The maximum Gasteiger partial charge on any atom is 0.407 e. The summed E-state index contributed by atoms with van der Waals surface area (Å²) < 4.78 is 5.31. The minimum Gasteiger partial charge on any atom is -0.444 e. The zero-order valence-electron chi connectivity index (χ0n) is 14.2. The number of hydrogen-bond acceptors (Lipinski definition) is 6. The number of nitrogens with one attached hydrogen (secondary N) is 3. The van der Waals surface area contributed by atoms with Crippen molar-refractivity contribution >= 4 is 22.9 Å². The van der Waals surface area contributed by atoms with Gasteiger partial charge < -0.3 is 15.4 Å². The molecule has 0 aliphatic heterocycles. The predicted molar refractivity (Wildman–Crippen MR) is 88.2 cm³/mol. The van der Waals surface area contributed by atoms with E-state index >= 15 is 0 Å². The largest absolute Gasteiger partial charge is 0.444 e. The summed E-state index contributed by atoms with van der Waals surface area (Å²) in [5, 5.41) is 13.7. The second kappa shape index (κ2) is 6.80. The van der Waals surface area contributed by atoms with Crippen molar-refractivity contribution in [2.45, 2.75) is 46.3 Å². The van der Waals surface area contributed by atoms with E-state index in [9.17, 15) is 4.79 Å². The van der Waals surface area contributed by atoms with Gasteiger partial charge in [-0.2, -0.15) is 5.10 Å². The number of anilines is 1. The van der Waals surface area contributed by atoms with E-state index in [1.807, 2.05) is 34.6 Å². The summed E-state index contributed by atoms with van der Waals surface area (Å²) in [6.45, 7) is 10.1. The molecule has 0 spiro atoms. The molecule has 1 amide bonds. The monoisotopic (exact) mass is 320 g/mol. The Labute approximate surface area is 135 Å². The first kappa shape index (κ1) is 17.0. The van der Waals surface area contributed by atoms with Crippen molar-refractivity contribution < 1.29 is 9.53 Å². The van der Waals surface area contributed by atoms with Gasteiger partial charge in [-0.1, -0.05) is 13.8 Å². The molecule has 2 rings (SSSR count). The topological polar surface area (TPSA) is 105 Å². The van der Waals surface area contributed by atoms with E-state index in [-0.39, 0.29) is 12.0 Å². The zero-order chi connectivity index (χ0) is 17.0. The molecule has 0 saturated heterocycles. The Morgan fingerprint density at radius 3 is 2.74 bits per heavy atom. The summed E-state index contributed by atoms with van der Waals surface area (Å²) in [6.07, 6.45) is 2.71. The number of ether oxygens (including phenoxy) is 1. The molecule has 2 aromatic heterocycles. The summed E-state index contributed by atoms with van der Waals surface area (Å²) in [6, 6.07) is -0.0956. The number of aromatic amines is 1. The van der Waals surface area contributed by atoms with Crippen LogP contribution in [0.3, 0.4) is 0 Å². The Bertz CT molecular complexity index is 661. The quantitative estimate of drug-likeness (QED) is 0.781.